The fraction of sp³-hybridized carbons (Fsp3) is 0.550. The lowest BCUT2D eigenvalue weighted by Crippen LogP contribution is -2.39. The molecule has 29 heavy (non-hydrogen) atoms. The first-order valence-electron chi connectivity index (χ1n) is 9.68. The summed E-state index contributed by atoms with van der Waals surface area (Å²) in [6.07, 6.45) is 0.912. The Morgan fingerprint density at radius 1 is 1.38 bits per heavy atom. The second-order valence-electron chi connectivity index (χ2n) is 6.75. The molecule has 1 aliphatic rings. The van der Waals surface area contributed by atoms with E-state index in [9.17, 15) is 0 Å². The summed E-state index contributed by atoms with van der Waals surface area (Å²) in [5.41, 5.74) is 1.32. The molecule has 2 atom stereocenters. The minimum atomic E-state index is -0.175. The van der Waals surface area contributed by atoms with Crippen LogP contribution in [0.25, 0.3) is 0 Å². The van der Waals surface area contributed by atoms with E-state index in [0.29, 0.717) is 30.8 Å². The number of methoxy groups -OCH3 is 1. The SMILES string of the molecule is CCOC(C)c1noc(CNC(=NC)N2CCC(c3ccc(OC)cc3)C2)n1.I. The van der Waals surface area contributed by atoms with Crippen LogP contribution in [0.3, 0.4) is 0 Å². The number of hydrogen-bond donors (Lipinski definition) is 1. The van der Waals surface area contributed by atoms with Crippen LogP contribution in [0.5, 0.6) is 5.75 Å². The van der Waals surface area contributed by atoms with Crippen molar-refractivity contribution >= 4 is 29.9 Å². The van der Waals surface area contributed by atoms with E-state index in [1.807, 2.05) is 26.0 Å². The van der Waals surface area contributed by atoms with Crippen molar-refractivity contribution in [2.24, 2.45) is 4.99 Å². The van der Waals surface area contributed by atoms with Gasteiger partial charge in [-0.1, -0.05) is 17.3 Å². The lowest BCUT2D eigenvalue weighted by Gasteiger charge is -2.21. The van der Waals surface area contributed by atoms with Crippen LogP contribution in [-0.4, -0.2) is 54.9 Å². The van der Waals surface area contributed by atoms with E-state index in [0.717, 1.165) is 31.2 Å². The van der Waals surface area contributed by atoms with Gasteiger partial charge in [0.1, 0.15) is 11.9 Å². The normalized spacial score (nSPS) is 17.7. The molecule has 0 amide bonds. The highest BCUT2D eigenvalue weighted by molar-refractivity contribution is 14.0. The molecule has 1 aromatic heterocycles. The third-order valence-corrected chi connectivity index (χ3v) is 4.95. The monoisotopic (exact) mass is 515 g/mol. The summed E-state index contributed by atoms with van der Waals surface area (Å²) >= 11 is 0. The van der Waals surface area contributed by atoms with Crippen LogP contribution in [-0.2, 0) is 11.3 Å². The van der Waals surface area contributed by atoms with Gasteiger partial charge in [0.05, 0.1) is 13.7 Å². The number of aromatic nitrogens is 2. The lowest BCUT2D eigenvalue weighted by atomic mass is 9.98. The van der Waals surface area contributed by atoms with Crippen molar-refractivity contribution in [1.29, 1.82) is 0 Å². The molecule has 1 fully saturated rings. The summed E-state index contributed by atoms with van der Waals surface area (Å²) in [5.74, 6) is 3.29. The van der Waals surface area contributed by atoms with E-state index in [1.165, 1.54) is 5.56 Å². The summed E-state index contributed by atoms with van der Waals surface area (Å²) < 4.78 is 16.1. The van der Waals surface area contributed by atoms with E-state index in [4.69, 9.17) is 14.0 Å². The molecule has 1 N–H and O–H groups in total. The molecule has 3 rings (SSSR count). The van der Waals surface area contributed by atoms with E-state index >= 15 is 0 Å². The molecule has 1 saturated heterocycles. The second-order valence-corrected chi connectivity index (χ2v) is 6.75. The third-order valence-electron chi connectivity index (χ3n) is 4.95. The number of ether oxygens (including phenoxy) is 2. The van der Waals surface area contributed by atoms with Crippen molar-refractivity contribution < 1.29 is 14.0 Å². The van der Waals surface area contributed by atoms with Gasteiger partial charge in [-0.15, -0.1) is 24.0 Å². The standard InChI is InChI=1S/C20H29N5O3.HI/c1-5-27-14(2)19-23-18(28-24-19)12-22-20(21-3)25-11-10-16(13-25)15-6-8-17(26-4)9-7-15;/h6-9,14,16H,5,10-13H2,1-4H3,(H,21,22);1H. The van der Waals surface area contributed by atoms with Crippen molar-refractivity contribution in [3.05, 3.63) is 41.5 Å². The van der Waals surface area contributed by atoms with Gasteiger partial charge in [0, 0.05) is 32.7 Å². The first kappa shape index (κ1) is 23.4. The van der Waals surface area contributed by atoms with Gasteiger partial charge in [0.2, 0.25) is 5.89 Å². The van der Waals surface area contributed by atoms with Gasteiger partial charge < -0.3 is 24.2 Å². The number of benzene rings is 1. The van der Waals surface area contributed by atoms with Crippen LogP contribution < -0.4 is 10.1 Å². The number of guanidine groups is 1. The Morgan fingerprint density at radius 2 is 2.14 bits per heavy atom. The minimum Gasteiger partial charge on any atom is -0.497 e. The Morgan fingerprint density at radius 3 is 2.79 bits per heavy atom. The van der Waals surface area contributed by atoms with Crippen molar-refractivity contribution in [2.45, 2.75) is 38.8 Å². The average Bonchev–Trinajstić information content (AvgIpc) is 3.39. The predicted molar refractivity (Wildman–Crippen MR) is 122 cm³/mol. The Hall–Kier alpha value is -1.88. The van der Waals surface area contributed by atoms with E-state index in [2.05, 4.69) is 37.5 Å². The molecule has 1 aromatic carbocycles. The van der Waals surface area contributed by atoms with Gasteiger partial charge in [0.25, 0.3) is 0 Å². The number of halogens is 1. The zero-order valence-corrected chi connectivity index (χ0v) is 19.8. The highest BCUT2D eigenvalue weighted by Crippen LogP contribution is 2.28. The molecule has 2 aromatic rings. The highest BCUT2D eigenvalue weighted by Gasteiger charge is 2.26. The predicted octanol–water partition coefficient (Wildman–Crippen LogP) is 3.36. The molecule has 2 unspecified atom stereocenters. The lowest BCUT2D eigenvalue weighted by molar-refractivity contribution is 0.0683. The van der Waals surface area contributed by atoms with E-state index in [-0.39, 0.29) is 30.1 Å². The number of nitrogens with one attached hydrogen (secondary N) is 1. The molecule has 0 spiro atoms. The first-order chi connectivity index (χ1) is 13.6. The van der Waals surface area contributed by atoms with Crippen molar-refractivity contribution in [3.63, 3.8) is 0 Å². The summed E-state index contributed by atoms with van der Waals surface area (Å²) in [5, 5.41) is 7.31. The molecule has 9 heteroatoms. The molecule has 0 bridgehead atoms. The zero-order chi connectivity index (χ0) is 19.9. The zero-order valence-electron chi connectivity index (χ0n) is 17.4. The smallest absolute Gasteiger partial charge is 0.246 e. The van der Waals surface area contributed by atoms with Crippen LogP contribution >= 0.6 is 24.0 Å². The van der Waals surface area contributed by atoms with E-state index in [1.54, 1.807) is 14.2 Å². The number of nitrogens with zero attached hydrogens (tertiary/aromatic N) is 4. The van der Waals surface area contributed by atoms with E-state index < -0.39 is 0 Å². The van der Waals surface area contributed by atoms with Gasteiger partial charge in [0.15, 0.2) is 11.8 Å². The number of hydrogen-bond acceptors (Lipinski definition) is 6. The Kier molecular flexibility index (Phi) is 9.15. The summed E-state index contributed by atoms with van der Waals surface area (Å²) in [6.45, 7) is 6.77. The molecule has 0 aliphatic carbocycles. The largest absolute Gasteiger partial charge is 0.497 e. The number of aliphatic imine (C=N–C) groups is 1. The maximum absolute atomic E-state index is 5.49. The Labute approximate surface area is 189 Å². The summed E-state index contributed by atoms with van der Waals surface area (Å²) in [6, 6.07) is 8.31. The molecule has 1 aliphatic heterocycles. The number of likely N-dealkylation sites (tertiary alicyclic amines) is 1. The maximum atomic E-state index is 5.49. The molecule has 0 saturated carbocycles. The van der Waals surface area contributed by atoms with Gasteiger partial charge >= 0.3 is 0 Å². The van der Waals surface area contributed by atoms with Gasteiger partial charge in [-0.25, -0.2) is 0 Å². The second kappa shape index (κ2) is 11.3. The molecular formula is C20H30IN5O3. The van der Waals surface area contributed by atoms with Crippen LogP contribution in [0.1, 0.15) is 49.6 Å². The summed E-state index contributed by atoms with van der Waals surface area (Å²) in [7, 11) is 3.48. The van der Waals surface area contributed by atoms with Crippen LogP contribution in [0.15, 0.2) is 33.8 Å². The molecule has 8 nitrogen and oxygen atoms in total. The van der Waals surface area contributed by atoms with Gasteiger partial charge in [-0.2, -0.15) is 4.98 Å². The van der Waals surface area contributed by atoms with Gasteiger partial charge in [-0.05, 0) is 38.0 Å². The summed E-state index contributed by atoms with van der Waals surface area (Å²) in [4.78, 5) is 11.1. The molecule has 2 heterocycles. The molecular weight excluding hydrogens is 485 g/mol. The molecule has 160 valence electrons. The maximum Gasteiger partial charge on any atom is 0.246 e. The fourth-order valence-electron chi connectivity index (χ4n) is 3.42. The van der Waals surface area contributed by atoms with Gasteiger partial charge in [-0.3, -0.25) is 4.99 Å². The van der Waals surface area contributed by atoms with Crippen LogP contribution in [0, 0.1) is 0 Å². The topological polar surface area (TPSA) is 85.0 Å². The Bertz CT molecular complexity index is 781. The first-order valence-corrected chi connectivity index (χ1v) is 9.68. The quantitative estimate of drug-likeness (QED) is 0.344. The Balaban J connectivity index is 0.00000300. The highest BCUT2D eigenvalue weighted by atomic mass is 127. The van der Waals surface area contributed by atoms with Crippen molar-refractivity contribution in [3.8, 4) is 5.75 Å². The van der Waals surface area contributed by atoms with Crippen molar-refractivity contribution in [1.82, 2.24) is 20.4 Å². The van der Waals surface area contributed by atoms with Crippen LogP contribution in [0.2, 0.25) is 0 Å². The van der Waals surface area contributed by atoms with Crippen molar-refractivity contribution in [2.75, 3.05) is 33.9 Å². The number of rotatable bonds is 7. The van der Waals surface area contributed by atoms with Crippen LogP contribution in [0.4, 0.5) is 0 Å². The minimum absolute atomic E-state index is 0. The average molecular weight is 515 g/mol. The molecule has 0 radical (unpaired) electrons. The third kappa shape index (κ3) is 6.05. The fourth-order valence-corrected chi connectivity index (χ4v) is 3.42.